The summed E-state index contributed by atoms with van der Waals surface area (Å²) in [4.78, 5) is 24.1. The van der Waals surface area contributed by atoms with E-state index in [-0.39, 0.29) is 22.8 Å². The number of methoxy groups -OCH3 is 1. The first-order valence-corrected chi connectivity index (χ1v) is 7.04. The molecule has 0 aliphatic rings. The molecule has 0 saturated carbocycles. The van der Waals surface area contributed by atoms with Crippen LogP contribution in [0.25, 0.3) is 0 Å². The number of nitro groups is 1. The number of carbonyl (C=O) groups is 1. The highest BCUT2D eigenvalue weighted by Gasteiger charge is 2.19. The number of nitro benzene ring substituents is 1. The normalized spacial score (nSPS) is 10.1. The van der Waals surface area contributed by atoms with E-state index < -0.39 is 4.92 Å². The second-order valence-electron chi connectivity index (χ2n) is 5.27. The Balaban J connectivity index is 2.40. The van der Waals surface area contributed by atoms with Crippen molar-refractivity contribution in [3.8, 4) is 5.75 Å². The SMILES string of the molecule is COc1cc(Nc2ccc(C(=O)N(C)C)cc2[N+](=O)[O-])ccc1N. The van der Waals surface area contributed by atoms with Crippen molar-refractivity contribution in [2.75, 3.05) is 32.3 Å². The van der Waals surface area contributed by atoms with Crippen LogP contribution in [0.15, 0.2) is 36.4 Å². The summed E-state index contributed by atoms with van der Waals surface area (Å²) in [5.74, 6) is 0.154. The average Bonchev–Trinajstić information content (AvgIpc) is 2.55. The summed E-state index contributed by atoms with van der Waals surface area (Å²) in [6, 6.07) is 9.23. The molecule has 0 radical (unpaired) electrons. The summed E-state index contributed by atoms with van der Waals surface area (Å²) >= 11 is 0. The molecule has 0 aliphatic heterocycles. The van der Waals surface area contributed by atoms with Gasteiger partial charge in [-0.1, -0.05) is 0 Å². The number of hydrogen-bond acceptors (Lipinski definition) is 6. The van der Waals surface area contributed by atoms with Gasteiger partial charge in [0.2, 0.25) is 0 Å². The highest BCUT2D eigenvalue weighted by molar-refractivity contribution is 5.95. The smallest absolute Gasteiger partial charge is 0.293 e. The van der Waals surface area contributed by atoms with Gasteiger partial charge in [0.15, 0.2) is 0 Å². The number of nitrogens with two attached hydrogens (primary N) is 1. The third-order valence-electron chi connectivity index (χ3n) is 3.36. The molecule has 1 amide bonds. The summed E-state index contributed by atoms with van der Waals surface area (Å²) < 4.78 is 5.13. The van der Waals surface area contributed by atoms with Crippen LogP contribution < -0.4 is 15.8 Å². The lowest BCUT2D eigenvalue weighted by atomic mass is 10.1. The number of hydrogen-bond donors (Lipinski definition) is 2. The second-order valence-corrected chi connectivity index (χ2v) is 5.27. The summed E-state index contributed by atoms with van der Waals surface area (Å²) in [7, 11) is 4.65. The van der Waals surface area contributed by atoms with Gasteiger partial charge in [-0.25, -0.2) is 0 Å². The van der Waals surface area contributed by atoms with E-state index in [0.717, 1.165) is 0 Å². The van der Waals surface area contributed by atoms with E-state index in [2.05, 4.69) is 5.32 Å². The Labute approximate surface area is 139 Å². The molecule has 8 nitrogen and oxygen atoms in total. The monoisotopic (exact) mass is 330 g/mol. The van der Waals surface area contributed by atoms with Crippen LogP contribution in [0.4, 0.5) is 22.7 Å². The number of nitrogens with zero attached hydrogens (tertiary/aromatic N) is 2. The summed E-state index contributed by atoms with van der Waals surface area (Å²) in [6.07, 6.45) is 0. The van der Waals surface area contributed by atoms with Gasteiger partial charge in [-0.05, 0) is 24.3 Å². The minimum absolute atomic E-state index is 0.196. The van der Waals surface area contributed by atoms with E-state index in [9.17, 15) is 14.9 Å². The van der Waals surface area contributed by atoms with Crippen LogP contribution in [0, 0.1) is 10.1 Å². The molecule has 8 heteroatoms. The number of ether oxygens (including phenoxy) is 1. The van der Waals surface area contributed by atoms with Crippen molar-refractivity contribution in [3.05, 3.63) is 52.1 Å². The van der Waals surface area contributed by atoms with Crippen molar-refractivity contribution < 1.29 is 14.5 Å². The Hall–Kier alpha value is -3.29. The molecule has 0 bridgehead atoms. The maximum absolute atomic E-state index is 12.0. The molecule has 0 unspecified atom stereocenters. The molecular formula is C16H18N4O4. The van der Waals surface area contributed by atoms with Gasteiger partial charge in [0.1, 0.15) is 11.4 Å². The standard InChI is InChI=1S/C16H18N4O4/c1-19(2)16(21)10-4-7-13(14(8-10)20(22)23)18-11-5-6-12(17)15(9-11)24-3/h4-9,18H,17H2,1-3H3. The molecule has 2 aromatic carbocycles. The summed E-state index contributed by atoms with van der Waals surface area (Å²) in [6.45, 7) is 0. The fourth-order valence-corrected chi connectivity index (χ4v) is 2.12. The van der Waals surface area contributed by atoms with E-state index >= 15 is 0 Å². The lowest BCUT2D eigenvalue weighted by molar-refractivity contribution is -0.383. The van der Waals surface area contributed by atoms with Crippen LogP contribution in [-0.2, 0) is 0 Å². The predicted octanol–water partition coefficient (Wildman–Crippen LogP) is 2.63. The lowest BCUT2D eigenvalue weighted by Gasteiger charge is -2.13. The Morgan fingerprint density at radius 3 is 2.54 bits per heavy atom. The van der Waals surface area contributed by atoms with Gasteiger partial charge >= 0.3 is 0 Å². The zero-order valence-corrected chi connectivity index (χ0v) is 13.6. The van der Waals surface area contributed by atoms with Crippen LogP contribution >= 0.6 is 0 Å². The molecule has 0 heterocycles. The largest absolute Gasteiger partial charge is 0.495 e. The number of rotatable bonds is 5. The first-order valence-electron chi connectivity index (χ1n) is 7.04. The maximum Gasteiger partial charge on any atom is 0.293 e. The Bertz CT molecular complexity index is 790. The zero-order chi connectivity index (χ0) is 17.9. The van der Waals surface area contributed by atoms with Crippen molar-refractivity contribution in [1.82, 2.24) is 4.90 Å². The van der Waals surface area contributed by atoms with Crippen LogP contribution in [-0.4, -0.2) is 36.9 Å². The molecule has 0 atom stereocenters. The molecule has 126 valence electrons. The summed E-state index contributed by atoms with van der Waals surface area (Å²) in [5.41, 5.74) is 7.10. The number of amides is 1. The molecule has 3 N–H and O–H groups in total. The highest BCUT2D eigenvalue weighted by atomic mass is 16.6. The minimum atomic E-state index is -0.538. The second kappa shape index (κ2) is 6.86. The molecule has 0 aliphatic carbocycles. The Kier molecular flexibility index (Phi) is 4.88. The quantitative estimate of drug-likeness (QED) is 0.495. The Morgan fingerprint density at radius 2 is 1.96 bits per heavy atom. The van der Waals surface area contributed by atoms with Crippen molar-refractivity contribution in [3.63, 3.8) is 0 Å². The number of benzene rings is 2. The molecule has 0 fully saturated rings. The third-order valence-corrected chi connectivity index (χ3v) is 3.36. The van der Waals surface area contributed by atoms with Crippen LogP contribution in [0.3, 0.4) is 0 Å². The first kappa shape index (κ1) is 17.1. The van der Waals surface area contributed by atoms with E-state index in [1.807, 2.05) is 0 Å². The number of nitrogen functional groups attached to an aromatic ring is 1. The van der Waals surface area contributed by atoms with Gasteiger partial charge in [-0.15, -0.1) is 0 Å². The van der Waals surface area contributed by atoms with E-state index in [0.29, 0.717) is 17.1 Å². The van der Waals surface area contributed by atoms with E-state index in [1.165, 1.54) is 30.2 Å². The predicted molar refractivity (Wildman–Crippen MR) is 91.8 cm³/mol. The number of anilines is 3. The van der Waals surface area contributed by atoms with Crippen LogP contribution in [0.1, 0.15) is 10.4 Å². The minimum Gasteiger partial charge on any atom is -0.495 e. The van der Waals surface area contributed by atoms with E-state index in [4.69, 9.17) is 10.5 Å². The molecule has 0 aromatic heterocycles. The molecule has 0 saturated heterocycles. The highest BCUT2D eigenvalue weighted by Crippen LogP contribution is 2.32. The topological polar surface area (TPSA) is 111 Å². The summed E-state index contributed by atoms with van der Waals surface area (Å²) in [5, 5.41) is 14.3. The fourth-order valence-electron chi connectivity index (χ4n) is 2.12. The van der Waals surface area contributed by atoms with Gasteiger partial charge in [0, 0.05) is 37.5 Å². The zero-order valence-electron chi connectivity index (χ0n) is 13.6. The number of carbonyl (C=O) groups excluding carboxylic acids is 1. The van der Waals surface area contributed by atoms with Gasteiger partial charge in [-0.3, -0.25) is 14.9 Å². The Morgan fingerprint density at radius 1 is 1.25 bits per heavy atom. The van der Waals surface area contributed by atoms with Gasteiger partial charge in [0.25, 0.3) is 11.6 Å². The van der Waals surface area contributed by atoms with Gasteiger partial charge in [-0.2, -0.15) is 0 Å². The van der Waals surface area contributed by atoms with Crippen molar-refractivity contribution in [2.45, 2.75) is 0 Å². The van der Waals surface area contributed by atoms with Crippen molar-refractivity contribution in [1.29, 1.82) is 0 Å². The van der Waals surface area contributed by atoms with Crippen LogP contribution in [0.2, 0.25) is 0 Å². The first-order chi connectivity index (χ1) is 11.3. The molecular weight excluding hydrogens is 312 g/mol. The van der Waals surface area contributed by atoms with Crippen molar-refractivity contribution in [2.24, 2.45) is 0 Å². The third kappa shape index (κ3) is 3.54. The van der Waals surface area contributed by atoms with Gasteiger partial charge in [0.05, 0.1) is 17.7 Å². The van der Waals surface area contributed by atoms with E-state index in [1.54, 1.807) is 32.3 Å². The molecule has 0 spiro atoms. The average molecular weight is 330 g/mol. The molecule has 24 heavy (non-hydrogen) atoms. The van der Waals surface area contributed by atoms with Gasteiger partial charge < -0.3 is 20.7 Å². The van der Waals surface area contributed by atoms with Crippen molar-refractivity contribution >= 4 is 28.7 Å². The lowest BCUT2D eigenvalue weighted by Crippen LogP contribution is -2.21. The number of nitrogens with one attached hydrogen (secondary N) is 1. The fraction of sp³-hybridized carbons (Fsp3) is 0.188. The molecule has 2 aromatic rings. The molecule has 2 rings (SSSR count). The van der Waals surface area contributed by atoms with Crippen LogP contribution in [0.5, 0.6) is 5.75 Å². The maximum atomic E-state index is 12.0.